The summed E-state index contributed by atoms with van der Waals surface area (Å²) in [5.41, 5.74) is 2.09. The number of hydrogen-bond acceptors (Lipinski definition) is 4. The summed E-state index contributed by atoms with van der Waals surface area (Å²) in [5, 5.41) is 11.4. The number of fused-ring (bicyclic) bond motifs is 1. The zero-order chi connectivity index (χ0) is 17.8. The first-order chi connectivity index (χ1) is 12.1. The third kappa shape index (κ3) is 3.61. The highest BCUT2D eigenvalue weighted by atomic mass is 16.5. The van der Waals surface area contributed by atoms with Crippen LogP contribution in [0.15, 0.2) is 48.5 Å². The van der Waals surface area contributed by atoms with E-state index < -0.39 is 6.10 Å². The summed E-state index contributed by atoms with van der Waals surface area (Å²) in [6, 6.07) is 16.3. The molecule has 0 saturated heterocycles. The van der Waals surface area contributed by atoms with E-state index in [1.807, 2.05) is 6.07 Å². The van der Waals surface area contributed by atoms with Crippen LogP contribution in [0, 0.1) is 11.3 Å². The topological polar surface area (TPSA) is 82.4 Å². The van der Waals surface area contributed by atoms with E-state index in [9.17, 15) is 9.59 Å². The molecular formula is C19H17N3O3. The maximum atomic E-state index is 12.4. The van der Waals surface area contributed by atoms with E-state index in [1.54, 1.807) is 49.4 Å². The number of nitriles is 1. The lowest BCUT2D eigenvalue weighted by Crippen LogP contribution is -2.47. The van der Waals surface area contributed by atoms with Gasteiger partial charge in [-0.3, -0.25) is 14.5 Å². The number of anilines is 2. The molecule has 2 aromatic rings. The van der Waals surface area contributed by atoms with Crippen LogP contribution in [0.3, 0.4) is 0 Å². The van der Waals surface area contributed by atoms with Crippen molar-refractivity contribution >= 4 is 23.2 Å². The first-order valence-electron chi connectivity index (χ1n) is 7.91. The van der Waals surface area contributed by atoms with Gasteiger partial charge in [-0.25, -0.2) is 0 Å². The number of rotatable bonds is 4. The van der Waals surface area contributed by atoms with Crippen molar-refractivity contribution in [3.8, 4) is 11.8 Å². The minimum absolute atomic E-state index is 0.0938. The third-order valence-corrected chi connectivity index (χ3v) is 3.90. The van der Waals surface area contributed by atoms with Gasteiger partial charge in [0.25, 0.3) is 5.91 Å². The highest BCUT2D eigenvalue weighted by molar-refractivity contribution is 6.06. The van der Waals surface area contributed by atoms with E-state index in [-0.39, 0.29) is 18.4 Å². The van der Waals surface area contributed by atoms with Gasteiger partial charge in [0.05, 0.1) is 18.2 Å². The molecule has 1 aliphatic heterocycles. The summed E-state index contributed by atoms with van der Waals surface area (Å²) in [7, 11) is 0. The van der Waals surface area contributed by atoms with Crippen LogP contribution in [-0.2, 0) is 16.0 Å². The Morgan fingerprint density at radius 1 is 1.24 bits per heavy atom. The Hall–Kier alpha value is -3.33. The van der Waals surface area contributed by atoms with E-state index >= 15 is 0 Å². The van der Waals surface area contributed by atoms with Crippen molar-refractivity contribution in [3.05, 3.63) is 54.1 Å². The molecule has 1 aliphatic rings. The van der Waals surface area contributed by atoms with Gasteiger partial charge in [-0.2, -0.15) is 5.26 Å². The maximum Gasteiger partial charge on any atom is 0.268 e. The fourth-order valence-corrected chi connectivity index (χ4v) is 2.66. The number of nitrogens with one attached hydrogen (secondary N) is 1. The van der Waals surface area contributed by atoms with E-state index in [2.05, 4.69) is 11.4 Å². The van der Waals surface area contributed by atoms with Crippen LogP contribution in [0.1, 0.15) is 12.5 Å². The van der Waals surface area contributed by atoms with Gasteiger partial charge in [-0.15, -0.1) is 0 Å². The Labute approximate surface area is 145 Å². The highest BCUT2D eigenvalue weighted by Crippen LogP contribution is 2.33. The van der Waals surface area contributed by atoms with Crippen LogP contribution in [0.2, 0.25) is 0 Å². The summed E-state index contributed by atoms with van der Waals surface area (Å²) in [6.07, 6.45) is -0.307. The van der Waals surface area contributed by atoms with Gasteiger partial charge < -0.3 is 10.1 Å². The Balaban J connectivity index is 1.72. The molecule has 1 heterocycles. The minimum atomic E-state index is -0.632. The summed E-state index contributed by atoms with van der Waals surface area (Å²) in [5.74, 6) is 0.0340. The number of carbonyl (C=O) groups excluding carboxylic acids is 2. The Morgan fingerprint density at radius 2 is 1.96 bits per heavy atom. The molecule has 126 valence electrons. The predicted molar refractivity (Wildman–Crippen MR) is 93.3 cm³/mol. The molecule has 1 N–H and O–H groups in total. The van der Waals surface area contributed by atoms with Gasteiger partial charge in [-0.05, 0) is 36.8 Å². The molecule has 1 atom stereocenters. The highest BCUT2D eigenvalue weighted by Gasteiger charge is 2.32. The first-order valence-corrected chi connectivity index (χ1v) is 7.91. The largest absolute Gasteiger partial charge is 0.479 e. The number of hydrogen-bond donors (Lipinski definition) is 1. The van der Waals surface area contributed by atoms with Gasteiger partial charge in [0.1, 0.15) is 12.3 Å². The normalized spacial score (nSPS) is 15.8. The molecule has 0 spiro atoms. The molecule has 25 heavy (non-hydrogen) atoms. The first kappa shape index (κ1) is 16.5. The second-order valence-corrected chi connectivity index (χ2v) is 5.73. The SMILES string of the molecule is CC1Oc2ccccc2N(CC(=O)Nc2ccc(CC#N)cc2)C1=O. The van der Waals surface area contributed by atoms with Crippen molar-refractivity contribution in [1.82, 2.24) is 0 Å². The Bertz CT molecular complexity index is 840. The lowest BCUT2D eigenvalue weighted by Gasteiger charge is -2.32. The van der Waals surface area contributed by atoms with Crippen LogP contribution < -0.4 is 15.0 Å². The van der Waals surface area contributed by atoms with Gasteiger partial charge in [0, 0.05) is 5.69 Å². The van der Waals surface area contributed by atoms with Crippen molar-refractivity contribution < 1.29 is 14.3 Å². The van der Waals surface area contributed by atoms with E-state index in [0.717, 1.165) is 5.56 Å². The number of carbonyl (C=O) groups is 2. The molecular weight excluding hydrogens is 318 g/mol. The van der Waals surface area contributed by atoms with Crippen molar-refractivity contribution in [2.24, 2.45) is 0 Å². The molecule has 2 aromatic carbocycles. The number of para-hydroxylation sites is 2. The van der Waals surface area contributed by atoms with Crippen molar-refractivity contribution in [1.29, 1.82) is 5.26 Å². The van der Waals surface area contributed by atoms with Crippen LogP contribution in [0.4, 0.5) is 11.4 Å². The predicted octanol–water partition coefficient (Wildman–Crippen LogP) is 2.51. The van der Waals surface area contributed by atoms with Crippen molar-refractivity contribution in [2.45, 2.75) is 19.4 Å². The van der Waals surface area contributed by atoms with E-state index in [4.69, 9.17) is 10.00 Å². The molecule has 0 fully saturated rings. The Kier molecular flexibility index (Phi) is 4.66. The fourth-order valence-electron chi connectivity index (χ4n) is 2.66. The summed E-state index contributed by atoms with van der Waals surface area (Å²) in [4.78, 5) is 26.2. The number of nitrogens with zero attached hydrogens (tertiary/aromatic N) is 2. The molecule has 0 aromatic heterocycles. The average molecular weight is 335 g/mol. The summed E-state index contributed by atoms with van der Waals surface area (Å²) in [6.45, 7) is 1.57. The smallest absolute Gasteiger partial charge is 0.268 e. The van der Waals surface area contributed by atoms with Crippen LogP contribution in [-0.4, -0.2) is 24.5 Å². The fraction of sp³-hybridized carbons (Fsp3) is 0.211. The number of benzene rings is 2. The van der Waals surface area contributed by atoms with Gasteiger partial charge in [-0.1, -0.05) is 24.3 Å². The molecule has 1 unspecified atom stereocenters. The maximum absolute atomic E-state index is 12.4. The average Bonchev–Trinajstić information content (AvgIpc) is 2.61. The molecule has 6 nitrogen and oxygen atoms in total. The van der Waals surface area contributed by atoms with Gasteiger partial charge >= 0.3 is 0 Å². The number of ether oxygens (including phenoxy) is 1. The van der Waals surface area contributed by atoms with Crippen LogP contribution in [0.5, 0.6) is 5.75 Å². The van der Waals surface area contributed by atoms with Crippen molar-refractivity contribution in [3.63, 3.8) is 0 Å². The van der Waals surface area contributed by atoms with Gasteiger partial charge in [0.2, 0.25) is 5.91 Å². The summed E-state index contributed by atoms with van der Waals surface area (Å²) < 4.78 is 5.56. The van der Waals surface area contributed by atoms with E-state index in [0.29, 0.717) is 23.5 Å². The quantitative estimate of drug-likeness (QED) is 0.930. The van der Waals surface area contributed by atoms with Gasteiger partial charge in [0.15, 0.2) is 6.10 Å². The molecule has 6 heteroatoms. The monoisotopic (exact) mass is 335 g/mol. The third-order valence-electron chi connectivity index (χ3n) is 3.90. The lowest BCUT2D eigenvalue weighted by atomic mass is 10.1. The van der Waals surface area contributed by atoms with Crippen LogP contribution in [0.25, 0.3) is 0 Å². The van der Waals surface area contributed by atoms with E-state index in [1.165, 1.54) is 4.90 Å². The molecule has 2 amide bonds. The molecule has 0 saturated carbocycles. The second kappa shape index (κ2) is 7.05. The zero-order valence-electron chi connectivity index (χ0n) is 13.7. The lowest BCUT2D eigenvalue weighted by molar-refractivity contribution is -0.127. The molecule has 0 bridgehead atoms. The minimum Gasteiger partial charge on any atom is -0.479 e. The number of amides is 2. The second-order valence-electron chi connectivity index (χ2n) is 5.73. The summed E-state index contributed by atoms with van der Waals surface area (Å²) >= 11 is 0. The zero-order valence-corrected chi connectivity index (χ0v) is 13.7. The van der Waals surface area contributed by atoms with Crippen LogP contribution >= 0.6 is 0 Å². The standard InChI is InChI=1S/C19H17N3O3/c1-13-19(24)22(16-4-2-3-5-17(16)25-13)12-18(23)21-15-8-6-14(7-9-15)10-11-20/h2-9,13H,10,12H2,1H3,(H,21,23). The molecule has 3 rings (SSSR count). The molecule has 0 radical (unpaired) electrons. The van der Waals surface area contributed by atoms with Crippen molar-refractivity contribution in [2.75, 3.05) is 16.8 Å². The Morgan fingerprint density at radius 3 is 2.68 bits per heavy atom. The molecule has 0 aliphatic carbocycles.